The predicted octanol–water partition coefficient (Wildman–Crippen LogP) is 4.39. The van der Waals surface area contributed by atoms with Crippen molar-refractivity contribution in [2.45, 2.75) is 18.6 Å². The van der Waals surface area contributed by atoms with Crippen LogP contribution < -0.4 is 0 Å². The standard InChI is InChI=1S/C24H23N5OS/c1-18-8-6-7-9-20(18)16-28(2)22(30)17-31-24-27-26-23(19-12-14-25-15-13-19)29(24)21-10-4-3-5-11-21/h3-15H,16-17H2,1-2H3. The Morgan fingerprint density at radius 3 is 2.42 bits per heavy atom. The first kappa shape index (κ1) is 20.8. The molecule has 0 radical (unpaired) electrons. The van der Waals surface area contributed by atoms with Crippen molar-refractivity contribution in [2.24, 2.45) is 0 Å². The highest BCUT2D eigenvalue weighted by Crippen LogP contribution is 2.27. The number of carbonyl (C=O) groups is 1. The molecule has 0 aliphatic carbocycles. The molecule has 2 heterocycles. The number of amides is 1. The van der Waals surface area contributed by atoms with Gasteiger partial charge < -0.3 is 4.90 Å². The maximum absolute atomic E-state index is 12.8. The quantitative estimate of drug-likeness (QED) is 0.408. The van der Waals surface area contributed by atoms with E-state index in [1.165, 1.54) is 17.3 Å². The van der Waals surface area contributed by atoms with Crippen LogP contribution in [0.4, 0.5) is 0 Å². The van der Waals surface area contributed by atoms with Gasteiger partial charge in [0.2, 0.25) is 5.91 Å². The number of benzene rings is 2. The molecule has 0 aliphatic rings. The van der Waals surface area contributed by atoms with E-state index in [-0.39, 0.29) is 11.7 Å². The van der Waals surface area contributed by atoms with E-state index in [2.05, 4.69) is 34.2 Å². The van der Waals surface area contributed by atoms with Gasteiger partial charge in [0.15, 0.2) is 11.0 Å². The molecule has 31 heavy (non-hydrogen) atoms. The van der Waals surface area contributed by atoms with E-state index < -0.39 is 0 Å². The average molecular weight is 430 g/mol. The van der Waals surface area contributed by atoms with Crippen LogP contribution in [0.15, 0.2) is 84.3 Å². The summed E-state index contributed by atoms with van der Waals surface area (Å²) in [6.45, 7) is 2.64. The Morgan fingerprint density at radius 2 is 1.68 bits per heavy atom. The zero-order chi connectivity index (χ0) is 21.6. The fourth-order valence-electron chi connectivity index (χ4n) is 3.23. The van der Waals surface area contributed by atoms with Gasteiger partial charge in [-0.1, -0.05) is 54.2 Å². The molecule has 0 bridgehead atoms. The molecule has 0 unspecified atom stereocenters. The van der Waals surface area contributed by atoms with Crippen LogP contribution in [0.3, 0.4) is 0 Å². The normalized spacial score (nSPS) is 10.8. The largest absolute Gasteiger partial charge is 0.341 e. The summed E-state index contributed by atoms with van der Waals surface area (Å²) in [4.78, 5) is 18.6. The third-order valence-corrected chi connectivity index (χ3v) is 5.92. The van der Waals surface area contributed by atoms with Crippen molar-refractivity contribution in [3.63, 3.8) is 0 Å². The van der Waals surface area contributed by atoms with Crippen molar-refractivity contribution in [1.29, 1.82) is 0 Å². The smallest absolute Gasteiger partial charge is 0.233 e. The van der Waals surface area contributed by atoms with Crippen molar-refractivity contribution in [3.05, 3.63) is 90.3 Å². The number of thioether (sulfide) groups is 1. The number of aromatic nitrogens is 4. The molecule has 7 heteroatoms. The monoisotopic (exact) mass is 429 g/mol. The zero-order valence-electron chi connectivity index (χ0n) is 17.5. The Hall–Kier alpha value is -3.45. The molecule has 0 saturated heterocycles. The van der Waals surface area contributed by atoms with E-state index in [1.54, 1.807) is 17.3 Å². The van der Waals surface area contributed by atoms with Gasteiger partial charge in [-0.15, -0.1) is 10.2 Å². The molecule has 156 valence electrons. The van der Waals surface area contributed by atoms with Crippen molar-refractivity contribution in [2.75, 3.05) is 12.8 Å². The minimum absolute atomic E-state index is 0.0429. The first-order valence-corrected chi connectivity index (χ1v) is 10.9. The molecule has 2 aromatic carbocycles. The van der Waals surface area contributed by atoms with Gasteiger partial charge in [0.1, 0.15) is 0 Å². The number of para-hydroxylation sites is 1. The van der Waals surface area contributed by atoms with Crippen LogP contribution in [0.5, 0.6) is 0 Å². The highest BCUT2D eigenvalue weighted by molar-refractivity contribution is 7.99. The van der Waals surface area contributed by atoms with E-state index in [4.69, 9.17) is 0 Å². The molecule has 0 saturated carbocycles. The number of hydrogen-bond donors (Lipinski definition) is 0. The van der Waals surface area contributed by atoms with Crippen molar-refractivity contribution in [1.82, 2.24) is 24.6 Å². The van der Waals surface area contributed by atoms with Crippen LogP contribution in [0.2, 0.25) is 0 Å². The maximum atomic E-state index is 12.8. The Kier molecular flexibility index (Phi) is 6.43. The van der Waals surface area contributed by atoms with Crippen molar-refractivity contribution in [3.8, 4) is 17.1 Å². The van der Waals surface area contributed by atoms with E-state index in [9.17, 15) is 4.79 Å². The Morgan fingerprint density at radius 1 is 0.968 bits per heavy atom. The highest BCUT2D eigenvalue weighted by Gasteiger charge is 2.18. The summed E-state index contributed by atoms with van der Waals surface area (Å²) in [5, 5.41) is 9.46. The summed E-state index contributed by atoms with van der Waals surface area (Å²) in [7, 11) is 1.83. The molecule has 2 aromatic heterocycles. The van der Waals surface area contributed by atoms with Gasteiger partial charge in [0.05, 0.1) is 5.75 Å². The molecule has 0 fully saturated rings. The number of carbonyl (C=O) groups excluding carboxylic acids is 1. The summed E-state index contributed by atoms with van der Waals surface area (Å²) in [6.07, 6.45) is 3.46. The lowest BCUT2D eigenvalue weighted by Gasteiger charge is -2.18. The highest BCUT2D eigenvalue weighted by atomic mass is 32.2. The Labute approximate surface area is 186 Å². The van der Waals surface area contributed by atoms with E-state index in [0.29, 0.717) is 11.7 Å². The molecule has 0 N–H and O–H groups in total. The molecule has 6 nitrogen and oxygen atoms in total. The lowest BCUT2D eigenvalue weighted by atomic mass is 10.1. The molecule has 0 aliphatic heterocycles. The fraction of sp³-hybridized carbons (Fsp3) is 0.167. The van der Waals surface area contributed by atoms with E-state index in [1.807, 2.05) is 66.2 Å². The third kappa shape index (κ3) is 4.83. The van der Waals surface area contributed by atoms with E-state index in [0.717, 1.165) is 22.6 Å². The van der Waals surface area contributed by atoms with Crippen molar-refractivity contribution < 1.29 is 4.79 Å². The minimum atomic E-state index is 0.0429. The maximum Gasteiger partial charge on any atom is 0.233 e. The molecular weight excluding hydrogens is 406 g/mol. The Bertz CT molecular complexity index is 1160. The third-order valence-electron chi connectivity index (χ3n) is 5.01. The summed E-state index contributed by atoms with van der Waals surface area (Å²) in [5.41, 5.74) is 4.19. The number of nitrogens with zero attached hydrogens (tertiary/aromatic N) is 5. The van der Waals surface area contributed by atoms with Gasteiger partial charge >= 0.3 is 0 Å². The topological polar surface area (TPSA) is 63.9 Å². The van der Waals surface area contributed by atoms with Crippen LogP contribution >= 0.6 is 11.8 Å². The van der Waals surface area contributed by atoms with E-state index >= 15 is 0 Å². The van der Waals surface area contributed by atoms with Gasteiger partial charge in [0.25, 0.3) is 0 Å². The molecular formula is C24H23N5OS. The lowest BCUT2D eigenvalue weighted by molar-refractivity contribution is -0.127. The molecule has 1 amide bonds. The SMILES string of the molecule is Cc1ccccc1CN(C)C(=O)CSc1nnc(-c2ccncc2)n1-c1ccccc1. The van der Waals surface area contributed by atoms with Crippen LogP contribution in [0.25, 0.3) is 17.1 Å². The second-order valence-corrected chi connectivity index (χ2v) is 8.12. The predicted molar refractivity (Wildman–Crippen MR) is 123 cm³/mol. The molecule has 4 rings (SSSR count). The van der Waals surface area contributed by atoms with Crippen LogP contribution in [0.1, 0.15) is 11.1 Å². The van der Waals surface area contributed by atoms with Crippen molar-refractivity contribution >= 4 is 17.7 Å². The van der Waals surface area contributed by atoms with Crippen LogP contribution in [0, 0.1) is 6.92 Å². The van der Waals surface area contributed by atoms with Gasteiger partial charge in [0, 0.05) is 37.2 Å². The van der Waals surface area contributed by atoms with Crippen LogP contribution in [-0.4, -0.2) is 43.4 Å². The van der Waals surface area contributed by atoms with Crippen LogP contribution in [-0.2, 0) is 11.3 Å². The van der Waals surface area contributed by atoms with Gasteiger partial charge in [-0.05, 0) is 42.3 Å². The number of rotatable bonds is 7. The summed E-state index contributed by atoms with van der Waals surface area (Å²) in [6, 6.07) is 21.8. The summed E-state index contributed by atoms with van der Waals surface area (Å²) < 4.78 is 1.98. The second kappa shape index (κ2) is 9.57. The number of aryl methyl sites for hydroxylation is 1. The fourth-order valence-corrected chi connectivity index (χ4v) is 4.12. The summed E-state index contributed by atoms with van der Waals surface area (Å²) in [5.74, 6) is 1.04. The lowest BCUT2D eigenvalue weighted by Crippen LogP contribution is -2.28. The minimum Gasteiger partial charge on any atom is -0.341 e. The Balaban J connectivity index is 1.54. The number of hydrogen-bond acceptors (Lipinski definition) is 5. The van der Waals surface area contributed by atoms with Gasteiger partial charge in [-0.3, -0.25) is 14.3 Å². The zero-order valence-corrected chi connectivity index (χ0v) is 18.3. The summed E-state index contributed by atoms with van der Waals surface area (Å²) >= 11 is 1.39. The number of pyridine rings is 1. The first-order chi connectivity index (χ1) is 15.1. The second-order valence-electron chi connectivity index (χ2n) is 7.18. The molecule has 0 atom stereocenters. The average Bonchev–Trinajstić information content (AvgIpc) is 3.24. The molecule has 0 spiro atoms. The first-order valence-electron chi connectivity index (χ1n) is 9.96. The molecule has 4 aromatic rings. The van der Waals surface area contributed by atoms with Gasteiger partial charge in [-0.25, -0.2) is 0 Å². The van der Waals surface area contributed by atoms with Gasteiger partial charge in [-0.2, -0.15) is 0 Å².